The Hall–Kier alpha value is -4.17. The molecule has 8 heteroatoms. The molecular formula is C29H34N6O2. The summed E-state index contributed by atoms with van der Waals surface area (Å²) in [5.74, 6) is 0.385. The van der Waals surface area contributed by atoms with Crippen LogP contribution in [0.25, 0.3) is 16.7 Å². The van der Waals surface area contributed by atoms with Gasteiger partial charge in [-0.05, 0) is 80.7 Å². The van der Waals surface area contributed by atoms with Crippen LogP contribution in [0.2, 0.25) is 0 Å². The molecule has 3 N–H and O–H groups in total. The molecule has 0 saturated heterocycles. The molecule has 0 aliphatic carbocycles. The lowest BCUT2D eigenvalue weighted by atomic mass is 10.2. The van der Waals surface area contributed by atoms with Gasteiger partial charge in [0.15, 0.2) is 0 Å². The van der Waals surface area contributed by atoms with E-state index in [1.807, 2.05) is 59.2 Å². The number of anilines is 2. The molecule has 0 fully saturated rings. The van der Waals surface area contributed by atoms with E-state index in [4.69, 9.17) is 4.98 Å². The standard InChI is InChI=1S/C29H34N6O2/c1-4-34(5-2)19-9-18-31-28(37)21-14-16-23(17-15-21)32-29-33-25-12-6-7-13-26(25)35(29)24-11-8-10-22(20-24)27(36)30-3/h6-8,10-17,20H,4-5,9,18-19H2,1-3H3,(H,30,36)(H,31,37)(H,32,33). The molecule has 0 unspecified atom stereocenters. The van der Waals surface area contributed by atoms with Crippen molar-refractivity contribution in [3.05, 3.63) is 83.9 Å². The fourth-order valence-corrected chi connectivity index (χ4v) is 4.28. The van der Waals surface area contributed by atoms with Gasteiger partial charge >= 0.3 is 0 Å². The third-order valence-corrected chi connectivity index (χ3v) is 6.39. The van der Waals surface area contributed by atoms with Crippen molar-refractivity contribution in [1.82, 2.24) is 25.1 Å². The normalized spacial score (nSPS) is 11.0. The average molecular weight is 499 g/mol. The number of carbonyl (C=O) groups excluding carboxylic acids is 2. The summed E-state index contributed by atoms with van der Waals surface area (Å²) < 4.78 is 1.98. The molecule has 3 aromatic carbocycles. The number of benzene rings is 3. The lowest BCUT2D eigenvalue weighted by Crippen LogP contribution is -2.29. The second-order valence-corrected chi connectivity index (χ2v) is 8.73. The zero-order valence-electron chi connectivity index (χ0n) is 21.6. The molecule has 0 aliphatic heterocycles. The summed E-state index contributed by atoms with van der Waals surface area (Å²) in [6.45, 7) is 7.96. The minimum atomic E-state index is -0.150. The van der Waals surface area contributed by atoms with Gasteiger partial charge in [0.1, 0.15) is 0 Å². The maximum absolute atomic E-state index is 12.6. The van der Waals surface area contributed by atoms with Crippen LogP contribution in [0.5, 0.6) is 0 Å². The molecule has 1 aromatic heterocycles. The predicted octanol–water partition coefficient (Wildman–Crippen LogP) is 4.59. The first-order valence-electron chi connectivity index (χ1n) is 12.7. The first kappa shape index (κ1) is 25.9. The van der Waals surface area contributed by atoms with Crippen LogP contribution in [0.15, 0.2) is 72.8 Å². The molecule has 4 rings (SSSR count). The summed E-state index contributed by atoms with van der Waals surface area (Å²) in [5.41, 5.74) is 4.54. The quantitative estimate of drug-likeness (QED) is 0.263. The monoisotopic (exact) mass is 498 g/mol. The summed E-state index contributed by atoms with van der Waals surface area (Å²) in [5, 5.41) is 9.06. The van der Waals surface area contributed by atoms with Crippen LogP contribution in [-0.4, -0.2) is 59.5 Å². The molecule has 0 saturated carbocycles. The SMILES string of the molecule is CCN(CC)CCCNC(=O)c1ccc(Nc2nc3ccccc3n2-c2cccc(C(=O)NC)c2)cc1. The maximum atomic E-state index is 12.6. The van der Waals surface area contributed by atoms with E-state index in [1.165, 1.54) is 0 Å². The van der Waals surface area contributed by atoms with Gasteiger partial charge in [0.05, 0.1) is 11.0 Å². The number of hydrogen-bond donors (Lipinski definition) is 3. The number of para-hydroxylation sites is 2. The minimum Gasteiger partial charge on any atom is -0.355 e. The summed E-state index contributed by atoms with van der Waals surface area (Å²) in [6.07, 6.45) is 0.921. The van der Waals surface area contributed by atoms with Gasteiger partial charge in [-0.25, -0.2) is 4.98 Å². The van der Waals surface area contributed by atoms with Crippen molar-refractivity contribution in [2.75, 3.05) is 38.5 Å². The number of rotatable bonds is 11. The zero-order valence-corrected chi connectivity index (χ0v) is 21.6. The van der Waals surface area contributed by atoms with Crippen LogP contribution < -0.4 is 16.0 Å². The number of aromatic nitrogens is 2. The van der Waals surface area contributed by atoms with Crippen LogP contribution in [0.3, 0.4) is 0 Å². The number of imidazole rings is 1. The van der Waals surface area contributed by atoms with E-state index in [-0.39, 0.29) is 11.8 Å². The Balaban J connectivity index is 1.51. The molecule has 2 amide bonds. The van der Waals surface area contributed by atoms with Crippen molar-refractivity contribution in [2.24, 2.45) is 0 Å². The van der Waals surface area contributed by atoms with Gasteiger partial charge in [-0.15, -0.1) is 0 Å². The third kappa shape index (κ3) is 6.16. The zero-order chi connectivity index (χ0) is 26.2. The number of carbonyl (C=O) groups is 2. The predicted molar refractivity (Wildman–Crippen MR) is 149 cm³/mol. The summed E-state index contributed by atoms with van der Waals surface area (Å²) in [4.78, 5) is 31.9. The Kier molecular flexibility index (Phi) is 8.53. The Morgan fingerprint density at radius 1 is 0.892 bits per heavy atom. The average Bonchev–Trinajstić information content (AvgIpc) is 3.30. The van der Waals surface area contributed by atoms with Crippen molar-refractivity contribution in [3.8, 4) is 5.69 Å². The molecule has 8 nitrogen and oxygen atoms in total. The largest absolute Gasteiger partial charge is 0.355 e. The third-order valence-electron chi connectivity index (χ3n) is 6.39. The molecule has 1 heterocycles. The highest BCUT2D eigenvalue weighted by Gasteiger charge is 2.15. The van der Waals surface area contributed by atoms with Gasteiger partial charge in [0.25, 0.3) is 11.8 Å². The van der Waals surface area contributed by atoms with E-state index < -0.39 is 0 Å². The molecule has 0 atom stereocenters. The van der Waals surface area contributed by atoms with E-state index in [0.29, 0.717) is 23.6 Å². The van der Waals surface area contributed by atoms with E-state index in [9.17, 15) is 9.59 Å². The van der Waals surface area contributed by atoms with Gasteiger partial charge in [-0.1, -0.05) is 32.0 Å². The lowest BCUT2D eigenvalue weighted by Gasteiger charge is -2.17. The van der Waals surface area contributed by atoms with Gasteiger partial charge in [0, 0.05) is 36.1 Å². The van der Waals surface area contributed by atoms with Crippen LogP contribution in [0.1, 0.15) is 41.0 Å². The van der Waals surface area contributed by atoms with E-state index in [1.54, 1.807) is 25.2 Å². The maximum Gasteiger partial charge on any atom is 0.251 e. The number of fused-ring (bicyclic) bond motifs is 1. The van der Waals surface area contributed by atoms with Crippen LogP contribution in [0, 0.1) is 0 Å². The van der Waals surface area contributed by atoms with Crippen LogP contribution in [-0.2, 0) is 0 Å². The molecule has 192 valence electrons. The van der Waals surface area contributed by atoms with Crippen molar-refractivity contribution in [1.29, 1.82) is 0 Å². The summed E-state index contributed by atoms with van der Waals surface area (Å²) >= 11 is 0. The van der Waals surface area contributed by atoms with Crippen molar-refractivity contribution in [3.63, 3.8) is 0 Å². The van der Waals surface area contributed by atoms with Crippen molar-refractivity contribution in [2.45, 2.75) is 20.3 Å². The Morgan fingerprint density at radius 2 is 1.65 bits per heavy atom. The molecular weight excluding hydrogens is 464 g/mol. The molecule has 0 aliphatic rings. The summed E-state index contributed by atoms with van der Waals surface area (Å²) in [6, 6.07) is 22.6. The minimum absolute atomic E-state index is 0.0793. The topological polar surface area (TPSA) is 91.3 Å². The smallest absolute Gasteiger partial charge is 0.251 e. The first-order chi connectivity index (χ1) is 18.0. The lowest BCUT2D eigenvalue weighted by molar-refractivity contribution is 0.0947. The highest BCUT2D eigenvalue weighted by Crippen LogP contribution is 2.27. The van der Waals surface area contributed by atoms with Gasteiger partial charge in [-0.3, -0.25) is 14.2 Å². The van der Waals surface area contributed by atoms with E-state index >= 15 is 0 Å². The molecule has 0 bridgehead atoms. The van der Waals surface area contributed by atoms with Gasteiger partial charge in [-0.2, -0.15) is 0 Å². The fourth-order valence-electron chi connectivity index (χ4n) is 4.28. The highest BCUT2D eigenvalue weighted by molar-refractivity contribution is 5.95. The first-order valence-corrected chi connectivity index (χ1v) is 12.7. The molecule has 4 aromatic rings. The van der Waals surface area contributed by atoms with Crippen molar-refractivity contribution < 1.29 is 9.59 Å². The molecule has 0 spiro atoms. The second kappa shape index (κ2) is 12.2. The Bertz CT molecular complexity index is 1360. The number of nitrogens with one attached hydrogen (secondary N) is 3. The van der Waals surface area contributed by atoms with Gasteiger partial charge < -0.3 is 20.9 Å². The number of nitrogens with zero attached hydrogens (tertiary/aromatic N) is 3. The van der Waals surface area contributed by atoms with Crippen LogP contribution in [0.4, 0.5) is 11.6 Å². The molecule has 37 heavy (non-hydrogen) atoms. The van der Waals surface area contributed by atoms with Crippen LogP contribution >= 0.6 is 0 Å². The summed E-state index contributed by atoms with van der Waals surface area (Å²) in [7, 11) is 1.62. The van der Waals surface area contributed by atoms with Crippen molar-refractivity contribution >= 4 is 34.5 Å². The van der Waals surface area contributed by atoms with E-state index in [0.717, 1.165) is 48.5 Å². The fraction of sp³-hybridized carbons (Fsp3) is 0.276. The van der Waals surface area contributed by atoms with E-state index in [2.05, 4.69) is 34.7 Å². The highest BCUT2D eigenvalue weighted by atomic mass is 16.2. The van der Waals surface area contributed by atoms with Gasteiger partial charge in [0.2, 0.25) is 5.95 Å². The number of amides is 2. The molecule has 0 radical (unpaired) electrons. The Labute approximate surface area is 217 Å². The Morgan fingerprint density at radius 3 is 2.38 bits per heavy atom. The number of hydrogen-bond acceptors (Lipinski definition) is 5. The second-order valence-electron chi connectivity index (χ2n) is 8.73.